The highest BCUT2D eigenvalue weighted by atomic mass is 35.5. The number of hydrogen-bond acceptors (Lipinski definition) is 6. The molecule has 0 aromatic carbocycles. The monoisotopic (exact) mass is 272 g/mol. The Kier molecular flexibility index (Phi) is 4.19. The Morgan fingerprint density at radius 2 is 2.17 bits per heavy atom. The number of nitrogens with one attached hydrogen (secondary N) is 1. The van der Waals surface area contributed by atoms with Crippen molar-refractivity contribution >= 4 is 17.5 Å². The highest BCUT2D eigenvalue weighted by Gasteiger charge is 2.25. The van der Waals surface area contributed by atoms with Crippen LogP contribution in [0.2, 0.25) is 5.28 Å². The fourth-order valence-corrected chi connectivity index (χ4v) is 1.90. The largest absolute Gasteiger partial charge is 0.461 e. The van der Waals surface area contributed by atoms with Gasteiger partial charge in [-0.3, -0.25) is 0 Å². The topological polar surface area (TPSA) is 69.2 Å². The Bertz CT molecular complexity index is 416. The molecule has 6 nitrogen and oxygen atoms in total. The Balaban J connectivity index is 2.09. The summed E-state index contributed by atoms with van der Waals surface area (Å²) in [5.74, 6) is 0.424. The van der Waals surface area contributed by atoms with E-state index >= 15 is 0 Å². The molecule has 2 unspecified atom stereocenters. The summed E-state index contributed by atoms with van der Waals surface area (Å²) in [5.41, 5.74) is 0. The van der Waals surface area contributed by atoms with E-state index in [9.17, 15) is 0 Å². The van der Waals surface area contributed by atoms with Crippen molar-refractivity contribution in [3.05, 3.63) is 5.28 Å². The molecule has 2 rings (SSSR count). The predicted molar refractivity (Wildman–Crippen MR) is 68.0 cm³/mol. The van der Waals surface area contributed by atoms with Gasteiger partial charge in [0.15, 0.2) is 0 Å². The van der Waals surface area contributed by atoms with Crippen LogP contribution in [0.3, 0.4) is 0 Å². The summed E-state index contributed by atoms with van der Waals surface area (Å²) < 4.78 is 10.9. The van der Waals surface area contributed by atoms with Crippen LogP contribution in [-0.2, 0) is 4.74 Å². The van der Waals surface area contributed by atoms with Gasteiger partial charge in [-0.05, 0) is 38.8 Å². The van der Waals surface area contributed by atoms with Crippen molar-refractivity contribution in [1.82, 2.24) is 15.0 Å². The second-order valence-corrected chi connectivity index (χ2v) is 4.83. The van der Waals surface area contributed by atoms with Gasteiger partial charge in [0.05, 0.1) is 18.2 Å². The molecule has 0 saturated carbocycles. The third kappa shape index (κ3) is 3.43. The summed E-state index contributed by atoms with van der Waals surface area (Å²) >= 11 is 5.84. The lowest BCUT2D eigenvalue weighted by Crippen LogP contribution is -2.28. The lowest BCUT2D eigenvalue weighted by atomic mass is 10.2. The summed E-state index contributed by atoms with van der Waals surface area (Å²) in [6.45, 7) is 6.56. The molecule has 18 heavy (non-hydrogen) atoms. The predicted octanol–water partition coefficient (Wildman–Crippen LogP) is 1.90. The van der Waals surface area contributed by atoms with Crippen molar-refractivity contribution in [2.24, 2.45) is 0 Å². The smallest absolute Gasteiger partial charge is 0.322 e. The van der Waals surface area contributed by atoms with Crippen molar-refractivity contribution in [3.63, 3.8) is 0 Å². The molecule has 1 aliphatic heterocycles. The maximum Gasteiger partial charge on any atom is 0.322 e. The van der Waals surface area contributed by atoms with Gasteiger partial charge in [-0.15, -0.1) is 0 Å². The Labute approximate surface area is 111 Å². The first kappa shape index (κ1) is 13.3. The fourth-order valence-electron chi connectivity index (χ4n) is 1.75. The molecule has 0 bridgehead atoms. The van der Waals surface area contributed by atoms with E-state index in [-0.39, 0.29) is 29.5 Å². The molecule has 0 radical (unpaired) electrons. The van der Waals surface area contributed by atoms with Crippen LogP contribution in [0.15, 0.2) is 0 Å². The van der Waals surface area contributed by atoms with Crippen LogP contribution in [-0.4, -0.2) is 39.8 Å². The summed E-state index contributed by atoms with van der Waals surface area (Å²) in [4.78, 5) is 12.1. The molecule has 1 aromatic rings. The highest BCUT2D eigenvalue weighted by Crippen LogP contribution is 2.19. The molecule has 7 heteroatoms. The van der Waals surface area contributed by atoms with E-state index < -0.39 is 0 Å². The average molecular weight is 273 g/mol. The van der Waals surface area contributed by atoms with Crippen LogP contribution in [0.25, 0.3) is 0 Å². The summed E-state index contributed by atoms with van der Waals surface area (Å²) in [6.07, 6.45) is 1.05. The van der Waals surface area contributed by atoms with Crippen molar-refractivity contribution in [3.8, 4) is 6.01 Å². The molecule has 1 N–H and O–H groups in total. The van der Waals surface area contributed by atoms with Crippen LogP contribution in [0.4, 0.5) is 5.95 Å². The van der Waals surface area contributed by atoms with E-state index in [1.807, 2.05) is 20.8 Å². The third-order valence-corrected chi connectivity index (χ3v) is 2.79. The van der Waals surface area contributed by atoms with Crippen LogP contribution < -0.4 is 10.1 Å². The molecule has 0 amide bonds. The molecule has 1 fully saturated rings. The normalized spacial score (nSPS) is 23.4. The van der Waals surface area contributed by atoms with E-state index in [1.165, 1.54) is 0 Å². The molecule has 1 aromatic heterocycles. The zero-order valence-corrected chi connectivity index (χ0v) is 11.4. The van der Waals surface area contributed by atoms with Gasteiger partial charge < -0.3 is 14.8 Å². The van der Waals surface area contributed by atoms with Gasteiger partial charge in [-0.25, -0.2) is 0 Å². The van der Waals surface area contributed by atoms with Crippen LogP contribution in [0.1, 0.15) is 27.2 Å². The van der Waals surface area contributed by atoms with Crippen LogP contribution in [0.5, 0.6) is 6.01 Å². The number of anilines is 1. The summed E-state index contributed by atoms with van der Waals surface area (Å²) in [6, 6.07) is 0.425. The van der Waals surface area contributed by atoms with Gasteiger partial charge in [-0.1, -0.05) is 0 Å². The van der Waals surface area contributed by atoms with Gasteiger partial charge in [0, 0.05) is 6.61 Å². The average Bonchev–Trinajstić information content (AvgIpc) is 2.62. The maximum absolute atomic E-state index is 5.84. The Morgan fingerprint density at radius 3 is 2.78 bits per heavy atom. The first-order chi connectivity index (χ1) is 8.54. The van der Waals surface area contributed by atoms with E-state index in [2.05, 4.69) is 20.3 Å². The van der Waals surface area contributed by atoms with Gasteiger partial charge in [0.2, 0.25) is 11.2 Å². The molecule has 100 valence electrons. The molecular formula is C11H17ClN4O2. The zero-order valence-electron chi connectivity index (χ0n) is 10.7. The van der Waals surface area contributed by atoms with E-state index in [4.69, 9.17) is 21.1 Å². The summed E-state index contributed by atoms with van der Waals surface area (Å²) in [7, 11) is 0. The first-order valence-electron chi connectivity index (χ1n) is 6.01. The lowest BCUT2D eigenvalue weighted by Gasteiger charge is -2.16. The molecule has 2 heterocycles. The van der Waals surface area contributed by atoms with E-state index in [1.54, 1.807) is 0 Å². The SMILES string of the molecule is CC(C)Oc1nc(Cl)nc(NC2CCOC2C)n1. The number of ether oxygens (including phenoxy) is 2. The fraction of sp³-hybridized carbons (Fsp3) is 0.727. The van der Waals surface area contributed by atoms with Crippen molar-refractivity contribution in [2.45, 2.75) is 45.4 Å². The third-order valence-electron chi connectivity index (χ3n) is 2.62. The molecule has 0 spiro atoms. The van der Waals surface area contributed by atoms with Gasteiger partial charge >= 0.3 is 6.01 Å². The number of aromatic nitrogens is 3. The lowest BCUT2D eigenvalue weighted by molar-refractivity contribution is 0.121. The first-order valence-corrected chi connectivity index (χ1v) is 6.39. The molecular weight excluding hydrogens is 256 g/mol. The minimum absolute atomic E-state index is 0.00921. The minimum atomic E-state index is -0.00921. The number of halogens is 1. The highest BCUT2D eigenvalue weighted by molar-refractivity contribution is 6.28. The molecule has 2 atom stereocenters. The molecule has 1 saturated heterocycles. The maximum atomic E-state index is 5.84. The second kappa shape index (κ2) is 5.67. The van der Waals surface area contributed by atoms with Crippen LogP contribution >= 0.6 is 11.6 Å². The van der Waals surface area contributed by atoms with E-state index in [0.29, 0.717) is 5.95 Å². The van der Waals surface area contributed by atoms with Crippen molar-refractivity contribution in [1.29, 1.82) is 0 Å². The zero-order chi connectivity index (χ0) is 13.1. The van der Waals surface area contributed by atoms with Crippen LogP contribution in [0, 0.1) is 0 Å². The van der Waals surface area contributed by atoms with Gasteiger partial charge in [0.25, 0.3) is 0 Å². The van der Waals surface area contributed by atoms with Crippen molar-refractivity contribution < 1.29 is 9.47 Å². The van der Waals surface area contributed by atoms with Gasteiger partial charge in [0.1, 0.15) is 0 Å². The van der Waals surface area contributed by atoms with E-state index in [0.717, 1.165) is 13.0 Å². The number of nitrogens with zero attached hydrogens (tertiary/aromatic N) is 3. The Morgan fingerprint density at radius 1 is 1.39 bits per heavy atom. The number of hydrogen-bond donors (Lipinski definition) is 1. The standard InChI is InChI=1S/C11H17ClN4O2/c1-6(2)18-11-15-9(12)14-10(16-11)13-8-4-5-17-7(8)3/h6-8H,4-5H2,1-3H3,(H,13,14,15,16). The Hall–Kier alpha value is -1.14. The minimum Gasteiger partial charge on any atom is -0.461 e. The molecule has 0 aliphatic carbocycles. The summed E-state index contributed by atoms with van der Waals surface area (Å²) in [5, 5.41) is 3.31. The second-order valence-electron chi connectivity index (χ2n) is 4.49. The molecule has 1 aliphatic rings. The van der Waals surface area contributed by atoms with Crippen molar-refractivity contribution in [2.75, 3.05) is 11.9 Å². The van der Waals surface area contributed by atoms with Gasteiger partial charge in [-0.2, -0.15) is 15.0 Å². The quantitative estimate of drug-likeness (QED) is 0.903. The number of rotatable bonds is 4.